The van der Waals surface area contributed by atoms with Crippen LogP contribution in [-0.2, 0) is 23.2 Å². The van der Waals surface area contributed by atoms with Crippen molar-refractivity contribution in [2.24, 2.45) is 0 Å². The number of fused-ring (bicyclic) bond motifs is 1. The monoisotopic (exact) mass is 204 g/mol. The molecule has 0 spiro atoms. The summed E-state index contributed by atoms with van der Waals surface area (Å²) in [4.78, 5) is 0. The molecule has 2 rings (SSSR count). The Morgan fingerprint density at radius 1 is 1.27 bits per heavy atom. The first-order valence-electron chi connectivity index (χ1n) is 5.83. The van der Waals surface area contributed by atoms with Gasteiger partial charge in [-0.15, -0.1) is 0 Å². The first-order chi connectivity index (χ1) is 7.13. The Bertz CT molecular complexity index is 352. The van der Waals surface area contributed by atoms with Crippen LogP contribution in [0, 0.1) is 0 Å². The fourth-order valence-corrected chi connectivity index (χ4v) is 1.99. The van der Waals surface area contributed by atoms with E-state index < -0.39 is 0 Å². The summed E-state index contributed by atoms with van der Waals surface area (Å²) in [7, 11) is 0. The zero-order chi connectivity index (χ0) is 10.9. The molecule has 1 aliphatic heterocycles. The number of hydrogen-bond donors (Lipinski definition) is 0. The van der Waals surface area contributed by atoms with E-state index in [2.05, 4.69) is 39.0 Å². The van der Waals surface area contributed by atoms with Gasteiger partial charge in [0.2, 0.25) is 0 Å². The number of ether oxygens (including phenoxy) is 1. The molecule has 0 N–H and O–H groups in total. The van der Waals surface area contributed by atoms with Crippen molar-refractivity contribution in [2.75, 3.05) is 6.61 Å². The summed E-state index contributed by atoms with van der Waals surface area (Å²) in [6, 6.07) is 6.90. The molecule has 15 heavy (non-hydrogen) atoms. The molecule has 0 bridgehead atoms. The summed E-state index contributed by atoms with van der Waals surface area (Å²) in [5.41, 5.74) is 4.58. The number of hydrogen-bond acceptors (Lipinski definition) is 1. The van der Waals surface area contributed by atoms with E-state index >= 15 is 0 Å². The van der Waals surface area contributed by atoms with Gasteiger partial charge in [0.25, 0.3) is 0 Å². The van der Waals surface area contributed by atoms with Gasteiger partial charge in [-0.3, -0.25) is 0 Å². The summed E-state index contributed by atoms with van der Waals surface area (Å²) in [5.74, 6) is 0. The van der Waals surface area contributed by atoms with Gasteiger partial charge >= 0.3 is 0 Å². The van der Waals surface area contributed by atoms with Gasteiger partial charge in [-0.2, -0.15) is 0 Å². The minimum atomic E-state index is 0.284. The second-order valence-electron chi connectivity index (χ2n) is 5.02. The van der Waals surface area contributed by atoms with Crippen molar-refractivity contribution in [3.63, 3.8) is 0 Å². The zero-order valence-electron chi connectivity index (χ0n) is 9.97. The average Bonchev–Trinajstić information content (AvgIpc) is 2.28. The Labute approximate surface area is 92.5 Å². The highest BCUT2D eigenvalue weighted by molar-refractivity contribution is 5.36. The fraction of sp³-hybridized carbons (Fsp3) is 0.571. The lowest BCUT2D eigenvalue weighted by Gasteiger charge is -2.26. The summed E-state index contributed by atoms with van der Waals surface area (Å²) in [5, 5.41) is 0. The number of rotatable bonds is 2. The largest absolute Gasteiger partial charge is 0.376 e. The van der Waals surface area contributed by atoms with E-state index in [4.69, 9.17) is 4.74 Å². The van der Waals surface area contributed by atoms with Gasteiger partial charge in [-0.05, 0) is 34.9 Å². The van der Waals surface area contributed by atoms with Crippen molar-refractivity contribution in [1.29, 1.82) is 0 Å². The SMILES string of the molecule is CCC(C)(C)c1ccc2c(c1)COCC2. The Morgan fingerprint density at radius 3 is 2.80 bits per heavy atom. The van der Waals surface area contributed by atoms with Crippen molar-refractivity contribution in [3.8, 4) is 0 Å². The second kappa shape index (κ2) is 3.97. The maximum Gasteiger partial charge on any atom is 0.0719 e. The molecule has 82 valence electrons. The van der Waals surface area contributed by atoms with Crippen LogP contribution in [0.25, 0.3) is 0 Å². The third kappa shape index (κ3) is 2.07. The molecule has 0 saturated heterocycles. The van der Waals surface area contributed by atoms with Crippen molar-refractivity contribution < 1.29 is 4.74 Å². The molecule has 0 fully saturated rings. The topological polar surface area (TPSA) is 9.23 Å². The smallest absolute Gasteiger partial charge is 0.0719 e. The molecule has 1 heterocycles. The average molecular weight is 204 g/mol. The molecule has 1 aromatic rings. The van der Waals surface area contributed by atoms with Crippen molar-refractivity contribution >= 4 is 0 Å². The van der Waals surface area contributed by atoms with Crippen LogP contribution >= 0.6 is 0 Å². The lowest BCUT2D eigenvalue weighted by atomic mass is 9.81. The van der Waals surface area contributed by atoms with Gasteiger partial charge in [0.1, 0.15) is 0 Å². The van der Waals surface area contributed by atoms with Gasteiger partial charge < -0.3 is 4.74 Å². The molecule has 0 aliphatic carbocycles. The normalized spacial score (nSPS) is 16.2. The fourth-order valence-electron chi connectivity index (χ4n) is 1.99. The van der Waals surface area contributed by atoms with Gasteiger partial charge in [-0.25, -0.2) is 0 Å². The summed E-state index contributed by atoms with van der Waals surface area (Å²) >= 11 is 0. The highest BCUT2D eigenvalue weighted by atomic mass is 16.5. The third-order valence-electron chi connectivity index (χ3n) is 3.64. The molecule has 0 radical (unpaired) electrons. The maximum atomic E-state index is 5.50. The zero-order valence-corrected chi connectivity index (χ0v) is 9.97. The minimum Gasteiger partial charge on any atom is -0.376 e. The van der Waals surface area contributed by atoms with Crippen LogP contribution in [-0.4, -0.2) is 6.61 Å². The molecular weight excluding hydrogens is 184 g/mol. The van der Waals surface area contributed by atoms with E-state index in [1.807, 2.05) is 0 Å². The van der Waals surface area contributed by atoms with Crippen LogP contribution < -0.4 is 0 Å². The molecule has 0 saturated carbocycles. The van der Waals surface area contributed by atoms with Crippen LogP contribution in [0.5, 0.6) is 0 Å². The Hall–Kier alpha value is -0.820. The third-order valence-corrected chi connectivity index (χ3v) is 3.64. The Morgan fingerprint density at radius 2 is 2.07 bits per heavy atom. The Balaban J connectivity index is 2.36. The molecule has 0 amide bonds. The number of benzene rings is 1. The van der Waals surface area contributed by atoms with Gasteiger partial charge in [0, 0.05) is 0 Å². The predicted molar refractivity (Wildman–Crippen MR) is 63.1 cm³/mol. The second-order valence-corrected chi connectivity index (χ2v) is 5.02. The van der Waals surface area contributed by atoms with E-state index in [0.29, 0.717) is 0 Å². The van der Waals surface area contributed by atoms with Crippen LogP contribution in [0.3, 0.4) is 0 Å². The molecule has 0 atom stereocenters. The molecule has 1 aliphatic rings. The van der Waals surface area contributed by atoms with Crippen LogP contribution in [0.1, 0.15) is 43.9 Å². The summed E-state index contributed by atoms with van der Waals surface area (Å²) in [6.07, 6.45) is 2.24. The van der Waals surface area contributed by atoms with Crippen molar-refractivity contribution in [3.05, 3.63) is 34.9 Å². The van der Waals surface area contributed by atoms with E-state index in [0.717, 1.165) is 19.6 Å². The lowest BCUT2D eigenvalue weighted by molar-refractivity contribution is 0.110. The van der Waals surface area contributed by atoms with Crippen molar-refractivity contribution in [2.45, 2.75) is 45.6 Å². The lowest BCUT2D eigenvalue weighted by Crippen LogP contribution is -2.17. The van der Waals surface area contributed by atoms with E-state index in [1.54, 1.807) is 0 Å². The first kappa shape index (κ1) is 10.7. The van der Waals surface area contributed by atoms with Crippen LogP contribution in [0.4, 0.5) is 0 Å². The van der Waals surface area contributed by atoms with Crippen LogP contribution in [0.2, 0.25) is 0 Å². The molecule has 0 unspecified atom stereocenters. The minimum absolute atomic E-state index is 0.284. The highest BCUT2D eigenvalue weighted by Crippen LogP contribution is 2.29. The molecule has 1 heteroatoms. The molecule has 1 aromatic carbocycles. The van der Waals surface area contributed by atoms with Gasteiger partial charge in [0.15, 0.2) is 0 Å². The molecule has 0 aromatic heterocycles. The van der Waals surface area contributed by atoms with Gasteiger partial charge in [0.05, 0.1) is 13.2 Å². The first-order valence-corrected chi connectivity index (χ1v) is 5.83. The van der Waals surface area contributed by atoms with Crippen LogP contribution in [0.15, 0.2) is 18.2 Å². The quantitative estimate of drug-likeness (QED) is 0.717. The predicted octanol–water partition coefficient (Wildman–Crippen LogP) is 3.45. The van der Waals surface area contributed by atoms with E-state index in [-0.39, 0.29) is 5.41 Å². The van der Waals surface area contributed by atoms with E-state index in [9.17, 15) is 0 Å². The maximum absolute atomic E-state index is 5.50. The Kier molecular flexibility index (Phi) is 2.83. The molecular formula is C14H20O. The van der Waals surface area contributed by atoms with Gasteiger partial charge in [-0.1, -0.05) is 39.0 Å². The highest BCUT2D eigenvalue weighted by Gasteiger charge is 2.20. The van der Waals surface area contributed by atoms with Crippen molar-refractivity contribution in [1.82, 2.24) is 0 Å². The molecule has 1 nitrogen and oxygen atoms in total. The summed E-state index contributed by atoms with van der Waals surface area (Å²) < 4.78 is 5.50. The standard InChI is InChI=1S/C14H20O/c1-4-14(2,3)13-6-5-11-7-8-15-10-12(11)9-13/h5-6,9H,4,7-8,10H2,1-3H3. The van der Waals surface area contributed by atoms with E-state index in [1.165, 1.54) is 23.1 Å². The summed E-state index contributed by atoms with van der Waals surface area (Å²) in [6.45, 7) is 8.53.